The summed E-state index contributed by atoms with van der Waals surface area (Å²) in [6.07, 6.45) is 2.02. The van der Waals surface area contributed by atoms with Crippen molar-refractivity contribution in [1.29, 1.82) is 0 Å². The van der Waals surface area contributed by atoms with E-state index in [0.29, 0.717) is 5.82 Å². The van der Waals surface area contributed by atoms with E-state index in [-0.39, 0.29) is 0 Å². The molecule has 0 unspecified atom stereocenters. The van der Waals surface area contributed by atoms with Crippen molar-refractivity contribution in [3.05, 3.63) is 164 Å². The largest absolute Gasteiger partial charge is 0.305 e. The van der Waals surface area contributed by atoms with Crippen LogP contribution in [0.5, 0.6) is 0 Å². The van der Waals surface area contributed by atoms with Gasteiger partial charge in [0, 0.05) is 47.5 Å². The summed E-state index contributed by atoms with van der Waals surface area (Å²) < 4.78 is 5.02. The molecule has 7 aromatic carbocycles. The molecule has 4 heteroatoms. The van der Waals surface area contributed by atoms with Crippen LogP contribution >= 0.6 is 11.3 Å². The summed E-state index contributed by atoms with van der Waals surface area (Å²) in [6.45, 7) is 0. The molecule has 0 spiro atoms. The number of para-hydroxylation sites is 1. The van der Waals surface area contributed by atoms with Gasteiger partial charge >= 0.3 is 0 Å². The zero-order chi connectivity index (χ0) is 31.6. The van der Waals surface area contributed by atoms with Crippen LogP contribution in [0.15, 0.2) is 164 Å². The van der Waals surface area contributed by atoms with Crippen LogP contribution in [-0.4, -0.2) is 14.5 Å². The predicted octanol–water partition coefficient (Wildman–Crippen LogP) is 12.1. The minimum Gasteiger partial charge on any atom is -0.305 e. The fourth-order valence-corrected chi connectivity index (χ4v) is 8.74. The molecule has 0 aliphatic carbocycles. The first-order valence-electron chi connectivity index (χ1n) is 16.2. The maximum absolute atomic E-state index is 5.30. The van der Waals surface area contributed by atoms with Crippen molar-refractivity contribution in [3.8, 4) is 39.5 Å². The fraction of sp³-hybridized carbons (Fsp3) is 0. The van der Waals surface area contributed by atoms with Crippen molar-refractivity contribution in [2.24, 2.45) is 0 Å². The first kappa shape index (κ1) is 27.1. The number of benzene rings is 7. The van der Waals surface area contributed by atoms with Crippen molar-refractivity contribution in [3.63, 3.8) is 0 Å². The Kier molecular flexibility index (Phi) is 6.05. The molecular formula is C44H27N3S. The lowest BCUT2D eigenvalue weighted by molar-refractivity contribution is 1.09. The minimum atomic E-state index is 0.711. The van der Waals surface area contributed by atoms with Gasteiger partial charge in [0.1, 0.15) is 0 Å². The highest BCUT2D eigenvalue weighted by molar-refractivity contribution is 7.27. The normalized spacial score (nSPS) is 11.8. The van der Waals surface area contributed by atoms with E-state index >= 15 is 0 Å². The van der Waals surface area contributed by atoms with Crippen molar-refractivity contribution in [2.45, 2.75) is 0 Å². The fourth-order valence-electron chi connectivity index (χ4n) is 7.36. The van der Waals surface area contributed by atoms with E-state index in [0.717, 1.165) is 28.0 Å². The number of fused-ring (bicyclic) bond motifs is 10. The average Bonchev–Trinajstić information content (AvgIpc) is 3.73. The van der Waals surface area contributed by atoms with Crippen molar-refractivity contribution in [2.75, 3.05) is 0 Å². The second-order valence-electron chi connectivity index (χ2n) is 12.1. The van der Waals surface area contributed by atoms with E-state index in [4.69, 9.17) is 9.97 Å². The van der Waals surface area contributed by atoms with Crippen LogP contribution in [0.4, 0.5) is 0 Å². The van der Waals surface area contributed by atoms with Gasteiger partial charge in [-0.2, -0.15) is 0 Å². The third-order valence-corrected chi connectivity index (χ3v) is 10.7. The molecule has 10 rings (SSSR count). The molecule has 0 radical (unpaired) electrons. The lowest BCUT2D eigenvalue weighted by atomic mass is 9.98. The third-order valence-electron chi connectivity index (χ3n) is 9.44. The molecule has 10 aromatic rings. The molecule has 0 bridgehead atoms. The first-order valence-corrected chi connectivity index (χ1v) is 17.0. The van der Waals surface area contributed by atoms with Crippen LogP contribution in [0.1, 0.15) is 0 Å². The number of hydrogen-bond acceptors (Lipinski definition) is 3. The van der Waals surface area contributed by atoms with Crippen LogP contribution in [-0.2, 0) is 0 Å². The summed E-state index contributed by atoms with van der Waals surface area (Å²) in [5.74, 6) is 0.711. The van der Waals surface area contributed by atoms with Gasteiger partial charge in [-0.3, -0.25) is 0 Å². The summed E-state index contributed by atoms with van der Waals surface area (Å²) in [6, 6.07) is 55.9. The molecule has 0 N–H and O–H groups in total. The molecule has 48 heavy (non-hydrogen) atoms. The van der Waals surface area contributed by atoms with Gasteiger partial charge in [-0.05, 0) is 22.6 Å². The maximum Gasteiger partial charge on any atom is 0.159 e. The Labute approximate surface area is 281 Å². The van der Waals surface area contributed by atoms with E-state index in [1.807, 2.05) is 35.7 Å². The molecule has 0 atom stereocenters. The number of thiophene rings is 1. The summed E-state index contributed by atoms with van der Waals surface area (Å²) in [7, 11) is 0. The highest BCUT2D eigenvalue weighted by Gasteiger charge is 2.24. The van der Waals surface area contributed by atoms with Gasteiger partial charge in [0.2, 0.25) is 0 Å². The lowest BCUT2D eigenvalue weighted by Crippen LogP contribution is -2.03. The van der Waals surface area contributed by atoms with E-state index in [1.54, 1.807) is 0 Å². The van der Waals surface area contributed by atoms with E-state index in [1.165, 1.54) is 58.4 Å². The number of nitrogens with zero attached hydrogens (tertiary/aromatic N) is 3. The highest BCUT2D eigenvalue weighted by atomic mass is 32.1. The summed E-state index contributed by atoms with van der Waals surface area (Å²) in [5, 5.41) is 7.54. The quantitative estimate of drug-likeness (QED) is 0.194. The van der Waals surface area contributed by atoms with Crippen LogP contribution in [0.2, 0.25) is 0 Å². The predicted molar refractivity (Wildman–Crippen MR) is 203 cm³/mol. The van der Waals surface area contributed by atoms with Gasteiger partial charge in [-0.15, -0.1) is 11.3 Å². The summed E-state index contributed by atoms with van der Waals surface area (Å²) in [5.41, 5.74) is 8.72. The average molecular weight is 630 g/mol. The Bertz CT molecular complexity index is 2820. The van der Waals surface area contributed by atoms with E-state index in [9.17, 15) is 0 Å². The van der Waals surface area contributed by atoms with Crippen LogP contribution in [0.3, 0.4) is 0 Å². The number of hydrogen-bond donors (Lipinski definition) is 0. The molecule has 0 aliphatic heterocycles. The number of aromatic nitrogens is 3. The first-order chi connectivity index (χ1) is 23.8. The van der Waals surface area contributed by atoms with Gasteiger partial charge in [-0.25, -0.2) is 9.97 Å². The molecule has 224 valence electrons. The van der Waals surface area contributed by atoms with Gasteiger partial charge in [-0.1, -0.05) is 152 Å². The molecule has 0 aliphatic rings. The minimum absolute atomic E-state index is 0.711. The Morgan fingerprint density at radius 2 is 1.06 bits per heavy atom. The van der Waals surface area contributed by atoms with Gasteiger partial charge in [0.15, 0.2) is 5.82 Å². The summed E-state index contributed by atoms with van der Waals surface area (Å²) >= 11 is 1.90. The van der Waals surface area contributed by atoms with Crippen LogP contribution in [0, 0.1) is 0 Å². The molecule has 0 saturated heterocycles. The van der Waals surface area contributed by atoms with Crippen LogP contribution < -0.4 is 0 Å². The summed E-state index contributed by atoms with van der Waals surface area (Å²) in [4.78, 5) is 10.3. The lowest BCUT2D eigenvalue weighted by Gasteiger charge is -2.15. The molecule has 0 fully saturated rings. The number of rotatable bonds is 4. The zero-order valence-corrected chi connectivity index (χ0v) is 26.7. The van der Waals surface area contributed by atoms with Crippen molar-refractivity contribution >= 4 is 64.1 Å². The Morgan fingerprint density at radius 3 is 1.81 bits per heavy atom. The van der Waals surface area contributed by atoms with E-state index < -0.39 is 0 Å². The molecule has 3 nitrogen and oxygen atoms in total. The van der Waals surface area contributed by atoms with Gasteiger partial charge < -0.3 is 4.57 Å². The third kappa shape index (κ3) is 4.00. The highest BCUT2D eigenvalue weighted by Crippen LogP contribution is 2.50. The van der Waals surface area contributed by atoms with Crippen molar-refractivity contribution in [1.82, 2.24) is 14.5 Å². The molecule has 3 aromatic heterocycles. The Morgan fingerprint density at radius 1 is 0.458 bits per heavy atom. The molecular weight excluding hydrogens is 603 g/mol. The van der Waals surface area contributed by atoms with Crippen LogP contribution in [0.25, 0.3) is 92.2 Å². The second kappa shape index (κ2) is 10.7. The van der Waals surface area contributed by atoms with Crippen molar-refractivity contribution < 1.29 is 0 Å². The van der Waals surface area contributed by atoms with Gasteiger partial charge in [0.05, 0.1) is 28.6 Å². The molecule has 0 amide bonds. The smallest absolute Gasteiger partial charge is 0.159 e. The second-order valence-corrected chi connectivity index (χ2v) is 13.2. The van der Waals surface area contributed by atoms with Gasteiger partial charge in [0.25, 0.3) is 0 Å². The monoisotopic (exact) mass is 629 g/mol. The maximum atomic E-state index is 5.30. The topological polar surface area (TPSA) is 30.7 Å². The Hall–Kier alpha value is -6.10. The Balaban J connectivity index is 1.41. The zero-order valence-electron chi connectivity index (χ0n) is 25.8. The SMILES string of the molecule is c1ccc(-c2ncc(-n3c4ccccc4c4c5ccccc5c5sc6c(-c7ccccc7)cccc6c5c43)c(-c3ccccc3)n2)cc1. The standard InChI is InChI=1S/C44H27N3S/c1-4-15-28(16-5-1)31-24-14-25-35-39-41-38(32-21-10-11-22-33(32)43(39)48-42(31)35)34-23-12-13-26-36(34)47(41)37-27-45-44(30-19-8-3-9-20-30)46-40(37)29-17-6-2-7-18-29/h1-27H. The molecule has 3 heterocycles. The van der Waals surface area contributed by atoms with E-state index in [2.05, 4.69) is 144 Å². The molecule has 0 saturated carbocycles.